The minimum absolute atomic E-state index is 0.282. The van der Waals surface area contributed by atoms with Crippen LogP contribution < -0.4 is 10.2 Å². The van der Waals surface area contributed by atoms with Crippen LogP contribution in [0.1, 0.15) is 23.7 Å². The van der Waals surface area contributed by atoms with Crippen molar-refractivity contribution in [3.05, 3.63) is 23.8 Å². The van der Waals surface area contributed by atoms with Crippen molar-refractivity contribution in [2.24, 2.45) is 5.92 Å². The Morgan fingerprint density at radius 3 is 2.89 bits per heavy atom. The predicted octanol–water partition coefficient (Wildman–Crippen LogP) is 1.03. The molecule has 2 N–H and O–H groups in total. The Balaban J connectivity index is 1.83. The lowest BCUT2D eigenvalue weighted by Crippen LogP contribution is -2.23. The SMILES string of the molecule is CC(O)C1CCN(c2ccc3c(c2)NC(=O)C3=O)C1. The van der Waals surface area contributed by atoms with E-state index in [0.29, 0.717) is 11.3 Å². The number of amides is 1. The van der Waals surface area contributed by atoms with Crippen molar-refractivity contribution in [2.75, 3.05) is 23.3 Å². The lowest BCUT2D eigenvalue weighted by Gasteiger charge is -2.20. The number of hydrogen-bond acceptors (Lipinski definition) is 4. The normalized spacial score (nSPS) is 23.5. The summed E-state index contributed by atoms with van der Waals surface area (Å²) in [5.74, 6) is -0.746. The number of aliphatic hydroxyl groups is 1. The van der Waals surface area contributed by atoms with Gasteiger partial charge in [0.25, 0.3) is 11.7 Å². The number of rotatable bonds is 2. The number of hydrogen-bond donors (Lipinski definition) is 2. The Morgan fingerprint density at radius 1 is 1.42 bits per heavy atom. The molecule has 1 aromatic rings. The van der Waals surface area contributed by atoms with Gasteiger partial charge in [0.05, 0.1) is 17.4 Å². The molecule has 0 spiro atoms. The summed E-state index contributed by atoms with van der Waals surface area (Å²) < 4.78 is 0. The zero-order valence-electron chi connectivity index (χ0n) is 10.7. The summed E-state index contributed by atoms with van der Waals surface area (Å²) in [5, 5.41) is 12.2. The number of anilines is 2. The van der Waals surface area contributed by atoms with E-state index in [9.17, 15) is 14.7 Å². The van der Waals surface area contributed by atoms with Crippen molar-refractivity contribution in [2.45, 2.75) is 19.4 Å². The fourth-order valence-electron chi connectivity index (χ4n) is 2.75. The van der Waals surface area contributed by atoms with Gasteiger partial charge in [-0.05, 0) is 31.5 Å². The number of Topliss-reactive ketones (excluding diaryl/α,β-unsaturated/α-hetero) is 1. The molecule has 3 rings (SSSR count). The minimum atomic E-state index is -0.560. The largest absolute Gasteiger partial charge is 0.393 e. The first-order valence-electron chi connectivity index (χ1n) is 6.49. The highest BCUT2D eigenvalue weighted by Gasteiger charge is 2.30. The van der Waals surface area contributed by atoms with Crippen LogP contribution in [0.25, 0.3) is 0 Å². The summed E-state index contributed by atoms with van der Waals surface area (Å²) in [5.41, 5.74) is 2.02. The molecule has 2 atom stereocenters. The highest BCUT2D eigenvalue weighted by Crippen LogP contribution is 2.31. The van der Waals surface area contributed by atoms with E-state index < -0.39 is 11.7 Å². The fraction of sp³-hybridized carbons (Fsp3) is 0.429. The van der Waals surface area contributed by atoms with Gasteiger partial charge >= 0.3 is 0 Å². The third-order valence-electron chi connectivity index (χ3n) is 3.97. The van der Waals surface area contributed by atoms with Crippen LogP contribution in [0.2, 0.25) is 0 Å². The number of ketones is 1. The molecule has 0 aliphatic carbocycles. The first-order chi connectivity index (χ1) is 9.06. The molecule has 2 unspecified atom stereocenters. The lowest BCUT2D eigenvalue weighted by molar-refractivity contribution is -0.112. The van der Waals surface area contributed by atoms with E-state index in [2.05, 4.69) is 10.2 Å². The average molecular weight is 260 g/mol. The molecule has 1 saturated heterocycles. The molecule has 1 aromatic carbocycles. The number of nitrogens with zero attached hydrogens (tertiary/aromatic N) is 1. The quantitative estimate of drug-likeness (QED) is 0.779. The Morgan fingerprint density at radius 2 is 2.21 bits per heavy atom. The van der Waals surface area contributed by atoms with Gasteiger partial charge in [0.2, 0.25) is 0 Å². The van der Waals surface area contributed by atoms with Gasteiger partial charge in [-0.1, -0.05) is 0 Å². The van der Waals surface area contributed by atoms with E-state index in [-0.39, 0.29) is 12.0 Å². The monoisotopic (exact) mass is 260 g/mol. The van der Waals surface area contributed by atoms with Gasteiger partial charge in [-0.2, -0.15) is 0 Å². The smallest absolute Gasteiger partial charge is 0.296 e. The zero-order valence-corrected chi connectivity index (χ0v) is 10.7. The number of carbonyl (C=O) groups excluding carboxylic acids is 2. The van der Waals surface area contributed by atoms with E-state index in [1.54, 1.807) is 6.07 Å². The Bertz CT molecular complexity index is 554. The predicted molar refractivity (Wildman–Crippen MR) is 71.4 cm³/mol. The second-order valence-corrected chi connectivity index (χ2v) is 5.25. The van der Waals surface area contributed by atoms with Crippen LogP contribution >= 0.6 is 0 Å². The molecule has 2 heterocycles. The maximum atomic E-state index is 11.5. The van der Waals surface area contributed by atoms with Crippen LogP contribution in [0, 0.1) is 5.92 Å². The van der Waals surface area contributed by atoms with Gasteiger partial charge in [-0.15, -0.1) is 0 Å². The van der Waals surface area contributed by atoms with E-state index in [0.717, 1.165) is 25.2 Å². The molecular formula is C14H16N2O3. The number of aliphatic hydroxyl groups excluding tert-OH is 1. The molecule has 1 fully saturated rings. The summed E-state index contributed by atoms with van der Waals surface area (Å²) in [6.45, 7) is 3.50. The van der Waals surface area contributed by atoms with Gasteiger partial charge in [0, 0.05) is 24.7 Å². The molecule has 0 aromatic heterocycles. The van der Waals surface area contributed by atoms with Gasteiger partial charge < -0.3 is 15.3 Å². The summed E-state index contributed by atoms with van der Waals surface area (Å²) in [6, 6.07) is 5.39. The van der Waals surface area contributed by atoms with Crippen molar-refractivity contribution in [1.82, 2.24) is 0 Å². The molecular weight excluding hydrogens is 244 g/mol. The van der Waals surface area contributed by atoms with Gasteiger partial charge in [-0.3, -0.25) is 9.59 Å². The number of benzene rings is 1. The Labute approximate surface area is 111 Å². The first-order valence-corrected chi connectivity index (χ1v) is 6.49. The molecule has 0 bridgehead atoms. The molecule has 0 saturated carbocycles. The minimum Gasteiger partial charge on any atom is -0.393 e. The molecule has 5 heteroatoms. The van der Waals surface area contributed by atoms with Crippen molar-refractivity contribution in [3.8, 4) is 0 Å². The van der Waals surface area contributed by atoms with Crippen molar-refractivity contribution in [3.63, 3.8) is 0 Å². The maximum absolute atomic E-state index is 11.5. The standard InChI is InChI=1S/C14H16N2O3/c1-8(17)9-4-5-16(7-9)10-2-3-11-12(6-10)15-14(19)13(11)18/h2-3,6,8-9,17H,4-5,7H2,1H3,(H,15,18,19). The summed E-state index contributed by atoms with van der Waals surface area (Å²) in [4.78, 5) is 25.0. The Kier molecular flexibility index (Phi) is 2.78. The second kappa shape index (κ2) is 4.35. The van der Waals surface area contributed by atoms with Crippen LogP contribution in [-0.4, -0.2) is 36.0 Å². The molecule has 5 nitrogen and oxygen atoms in total. The summed E-state index contributed by atoms with van der Waals surface area (Å²) >= 11 is 0. The number of fused-ring (bicyclic) bond motifs is 1. The lowest BCUT2D eigenvalue weighted by atomic mass is 10.0. The van der Waals surface area contributed by atoms with Crippen LogP contribution in [-0.2, 0) is 4.79 Å². The number of carbonyl (C=O) groups is 2. The molecule has 100 valence electrons. The van der Waals surface area contributed by atoms with E-state index in [1.165, 1.54) is 0 Å². The van der Waals surface area contributed by atoms with E-state index in [4.69, 9.17) is 0 Å². The second-order valence-electron chi connectivity index (χ2n) is 5.25. The highest BCUT2D eigenvalue weighted by atomic mass is 16.3. The molecule has 19 heavy (non-hydrogen) atoms. The van der Waals surface area contributed by atoms with Crippen LogP contribution in [0.15, 0.2) is 18.2 Å². The zero-order chi connectivity index (χ0) is 13.6. The molecule has 1 amide bonds. The molecule has 2 aliphatic heterocycles. The van der Waals surface area contributed by atoms with E-state index in [1.807, 2.05) is 19.1 Å². The van der Waals surface area contributed by atoms with Crippen LogP contribution in [0.4, 0.5) is 11.4 Å². The first kappa shape index (κ1) is 12.2. The van der Waals surface area contributed by atoms with E-state index >= 15 is 0 Å². The van der Waals surface area contributed by atoms with Gasteiger partial charge in [0.15, 0.2) is 0 Å². The van der Waals surface area contributed by atoms with Crippen molar-refractivity contribution < 1.29 is 14.7 Å². The third kappa shape index (κ3) is 2.00. The summed E-state index contributed by atoms with van der Waals surface area (Å²) in [7, 11) is 0. The summed E-state index contributed by atoms with van der Waals surface area (Å²) in [6.07, 6.45) is 0.653. The fourth-order valence-corrected chi connectivity index (χ4v) is 2.75. The topological polar surface area (TPSA) is 69.6 Å². The number of nitrogens with one attached hydrogen (secondary N) is 1. The average Bonchev–Trinajstić information content (AvgIpc) is 2.96. The van der Waals surface area contributed by atoms with Gasteiger partial charge in [-0.25, -0.2) is 0 Å². The van der Waals surface area contributed by atoms with Crippen molar-refractivity contribution in [1.29, 1.82) is 0 Å². The maximum Gasteiger partial charge on any atom is 0.296 e. The Hall–Kier alpha value is -1.88. The molecule has 2 aliphatic rings. The third-order valence-corrected chi connectivity index (χ3v) is 3.97. The van der Waals surface area contributed by atoms with Crippen LogP contribution in [0.5, 0.6) is 0 Å². The van der Waals surface area contributed by atoms with Crippen molar-refractivity contribution >= 4 is 23.1 Å². The van der Waals surface area contributed by atoms with Gasteiger partial charge in [0.1, 0.15) is 0 Å². The highest BCUT2D eigenvalue weighted by molar-refractivity contribution is 6.51. The van der Waals surface area contributed by atoms with Crippen LogP contribution in [0.3, 0.4) is 0 Å². The molecule has 0 radical (unpaired) electrons.